The number of imide groups is 1. The maximum atomic E-state index is 13.2. The minimum absolute atomic E-state index is 0.301. The second-order valence-electron chi connectivity index (χ2n) is 8.74. The number of fused-ring (bicyclic) bond motifs is 2. The average Bonchev–Trinajstić information content (AvgIpc) is 3.46. The maximum Gasteiger partial charge on any atom is 0.259 e. The summed E-state index contributed by atoms with van der Waals surface area (Å²) >= 11 is 0. The van der Waals surface area contributed by atoms with Gasteiger partial charge in [0.15, 0.2) is 0 Å². The van der Waals surface area contributed by atoms with Crippen LogP contribution in [0.5, 0.6) is 0 Å². The van der Waals surface area contributed by atoms with E-state index >= 15 is 0 Å². The Balaban J connectivity index is 1.75. The van der Waals surface area contributed by atoms with Gasteiger partial charge in [0.2, 0.25) is 0 Å². The average molecular weight is 450 g/mol. The first-order valence-corrected chi connectivity index (χ1v) is 11.4. The van der Waals surface area contributed by atoms with Crippen molar-refractivity contribution < 1.29 is 9.59 Å². The van der Waals surface area contributed by atoms with Crippen LogP contribution in [0.25, 0.3) is 28.1 Å². The third-order valence-corrected chi connectivity index (χ3v) is 6.52. The van der Waals surface area contributed by atoms with Crippen LogP contribution in [-0.2, 0) is 29.1 Å². The van der Waals surface area contributed by atoms with E-state index < -0.39 is 11.8 Å². The molecule has 0 spiro atoms. The Labute approximate surface area is 197 Å². The fraction of sp³-hybridized carbons (Fsp3) is 0.259. The molecule has 2 aliphatic rings. The number of aryl methyl sites for hydroxylation is 2. The predicted molar refractivity (Wildman–Crippen MR) is 129 cm³/mol. The van der Waals surface area contributed by atoms with Crippen LogP contribution in [0.2, 0.25) is 0 Å². The van der Waals surface area contributed by atoms with Gasteiger partial charge in [-0.1, -0.05) is 31.2 Å². The molecule has 7 heteroatoms. The van der Waals surface area contributed by atoms with Crippen LogP contribution < -0.4 is 5.32 Å². The van der Waals surface area contributed by atoms with E-state index in [1.807, 2.05) is 51.9 Å². The lowest BCUT2D eigenvalue weighted by Gasteiger charge is -2.16. The normalized spacial score (nSPS) is 17.1. The van der Waals surface area contributed by atoms with Crippen LogP contribution in [-0.4, -0.2) is 20.9 Å². The highest BCUT2D eigenvalue weighted by atomic mass is 16.2. The summed E-state index contributed by atoms with van der Waals surface area (Å²) in [5.74, 6) is -0.521. The van der Waals surface area contributed by atoms with Crippen molar-refractivity contribution in [3.8, 4) is 12.1 Å². The third-order valence-electron chi connectivity index (χ3n) is 6.52. The Bertz CT molecular complexity index is 1490. The van der Waals surface area contributed by atoms with Crippen LogP contribution in [0.3, 0.4) is 0 Å². The summed E-state index contributed by atoms with van der Waals surface area (Å²) in [6.07, 6.45) is 9.41. The van der Waals surface area contributed by atoms with E-state index in [2.05, 4.69) is 30.5 Å². The monoisotopic (exact) mass is 449 g/mol. The van der Waals surface area contributed by atoms with Gasteiger partial charge in [-0.3, -0.25) is 14.9 Å². The molecule has 1 unspecified atom stereocenters. The Hall–Kier alpha value is -4.36. The summed E-state index contributed by atoms with van der Waals surface area (Å²) in [6.45, 7) is 3.13. The molecule has 3 heterocycles. The molecule has 0 saturated carbocycles. The largest absolute Gasteiger partial charge is 0.346 e. The van der Waals surface area contributed by atoms with Crippen molar-refractivity contribution in [1.29, 1.82) is 10.5 Å². The molecule has 0 radical (unpaired) electrons. The molecule has 34 heavy (non-hydrogen) atoms. The number of para-hydroxylation sites is 1. The van der Waals surface area contributed by atoms with Crippen molar-refractivity contribution in [2.45, 2.75) is 39.3 Å². The van der Waals surface area contributed by atoms with Gasteiger partial charge in [0.25, 0.3) is 11.8 Å². The lowest BCUT2D eigenvalue weighted by molar-refractivity contribution is -0.122. The van der Waals surface area contributed by atoms with Gasteiger partial charge in [0, 0.05) is 53.2 Å². The summed E-state index contributed by atoms with van der Waals surface area (Å²) in [5.41, 5.74) is 5.09. The van der Waals surface area contributed by atoms with Gasteiger partial charge in [-0.05, 0) is 30.0 Å². The molecule has 1 aliphatic carbocycles. The molecule has 0 saturated heterocycles. The number of hydrogen-bond donors (Lipinski definition) is 1. The predicted octanol–water partition coefficient (Wildman–Crippen LogP) is 4.04. The summed E-state index contributed by atoms with van der Waals surface area (Å²) < 4.78 is 3.97. The topological polar surface area (TPSA) is 104 Å². The van der Waals surface area contributed by atoms with Gasteiger partial charge in [0.1, 0.15) is 0 Å². The molecular formula is C27H23N5O2. The van der Waals surface area contributed by atoms with Crippen LogP contribution in [0.15, 0.2) is 42.7 Å². The summed E-state index contributed by atoms with van der Waals surface area (Å²) in [6, 6.07) is 12.1. The maximum absolute atomic E-state index is 13.2. The van der Waals surface area contributed by atoms with Crippen LogP contribution in [0, 0.1) is 28.6 Å². The quantitative estimate of drug-likeness (QED) is 0.574. The number of allylic oxidation sites excluding steroid dienone is 1. The van der Waals surface area contributed by atoms with E-state index in [-0.39, 0.29) is 0 Å². The van der Waals surface area contributed by atoms with E-state index in [4.69, 9.17) is 10.5 Å². The molecule has 1 N–H and O–H groups in total. The number of nitriles is 2. The number of amides is 2. The van der Waals surface area contributed by atoms with Gasteiger partial charge in [-0.25, -0.2) is 0 Å². The number of aromatic nitrogens is 2. The molecule has 0 bridgehead atoms. The number of hydrogen-bond acceptors (Lipinski definition) is 4. The molecule has 0 fully saturated rings. The summed E-state index contributed by atoms with van der Waals surface area (Å²) in [4.78, 5) is 26.3. The SMILES string of the molecule is CC1C=Cc2c(c(C3=C(c4cn(CCC#N)c5ccccc45)C(=O)NC3=O)cn2CCC#N)C1. The van der Waals surface area contributed by atoms with E-state index in [0.29, 0.717) is 48.6 Å². The molecule has 168 valence electrons. The number of benzene rings is 1. The molecule has 2 aromatic heterocycles. The van der Waals surface area contributed by atoms with Gasteiger partial charge in [-0.15, -0.1) is 0 Å². The van der Waals surface area contributed by atoms with Gasteiger partial charge >= 0.3 is 0 Å². The van der Waals surface area contributed by atoms with Crippen LogP contribution >= 0.6 is 0 Å². The third kappa shape index (κ3) is 3.43. The number of rotatable bonds is 6. The van der Waals surface area contributed by atoms with Crippen molar-refractivity contribution in [2.24, 2.45) is 5.92 Å². The smallest absolute Gasteiger partial charge is 0.259 e. The van der Waals surface area contributed by atoms with Crippen molar-refractivity contribution in [2.75, 3.05) is 0 Å². The molecule has 1 atom stereocenters. The van der Waals surface area contributed by atoms with Crippen LogP contribution in [0.1, 0.15) is 42.1 Å². The molecular weight excluding hydrogens is 426 g/mol. The van der Waals surface area contributed by atoms with E-state index in [9.17, 15) is 9.59 Å². The van der Waals surface area contributed by atoms with Crippen molar-refractivity contribution in [1.82, 2.24) is 14.5 Å². The van der Waals surface area contributed by atoms with Crippen molar-refractivity contribution >= 4 is 39.9 Å². The Morgan fingerprint density at radius 3 is 2.35 bits per heavy atom. The van der Waals surface area contributed by atoms with E-state index in [1.165, 1.54) is 0 Å². The number of carbonyl (C=O) groups excluding carboxylic acids is 2. The molecule has 1 aromatic carbocycles. The number of carbonyl (C=O) groups is 2. The van der Waals surface area contributed by atoms with Gasteiger partial charge in [0.05, 0.1) is 36.1 Å². The molecule has 5 rings (SSSR count). The van der Waals surface area contributed by atoms with Crippen molar-refractivity contribution in [3.63, 3.8) is 0 Å². The highest BCUT2D eigenvalue weighted by molar-refractivity contribution is 6.50. The first-order valence-electron chi connectivity index (χ1n) is 11.4. The second kappa shape index (κ2) is 8.53. The summed E-state index contributed by atoms with van der Waals surface area (Å²) in [7, 11) is 0. The molecule has 3 aromatic rings. The second-order valence-corrected chi connectivity index (χ2v) is 8.74. The lowest BCUT2D eigenvalue weighted by Crippen LogP contribution is -2.23. The highest BCUT2D eigenvalue weighted by Gasteiger charge is 2.36. The first kappa shape index (κ1) is 21.5. The van der Waals surface area contributed by atoms with Crippen molar-refractivity contribution in [3.05, 3.63) is 65.1 Å². The molecule has 2 amide bonds. The zero-order chi connectivity index (χ0) is 23.8. The standard InChI is InChI=1S/C27H23N5O2/c1-17-8-9-23-19(14-17)21(16-32(23)13-5-11-29)25-24(26(33)30-27(25)34)20-15-31(12-4-10-28)22-7-3-2-6-18(20)22/h2-3,6-9,15-17H,4-5,12-14H2,1H3,(H,30,33,34). The van der Waals surface area contributed by atoms with Gasteiger partial charge < -0.3 is 9.13 Å². The van der Waals surface area contributed by atoms with Gasteiger partial charge in [-0.2, -0.15) is 10.5 Å². The zero-order valence-electron chi connectivity index (χ0n) is 18.8. The Kier molecular flexibility index (Phi) is 5.39. The van der Waals surface area contributed by atoms with Crippen LogP contribution in [0.4, 0.5) is 0 Å². The fourth-order valence-corrected chi connectivity index (χ4v) is 5.01. The minimum atomic E-state index is -0.416. The highest BCUT2D eigenvalue weighted by Crippen LogP contribution is 2.40. The number of nitrogens with one attached hydrogen (secondary N) is 1. The number of nitrogens with zero attached hydrogens (tertiary/aromatic N) is 4. The van der Waals surface area contributed by atoms with E-state index in [1.54, 1.807) is 0 Å². The molecule has 1 aliphatic heterocycles. The minimum Gasteiger partial charge on any atom is -0.346 e. The lowest BCUT2D eigenvalue weighted by atomic mass is 9.88. The zero-order valence-corrected chi connectivity index (χ0v) is 18.8. The fourth-order valence-electron chi connectivity index (χ4n) is 5.01. The Morgan fingerprint density at radius 1 is 0.971 bits per heavy atom. The molecule has 7 nitrogen and oxygen atoms in total. The Morgan fingerprint density at radius 2 is 1.62 bits per heavy atom. The van der Waals surface area contributed by atoms with E-state index in [0.717, 1.165) is 34.1 Å². The first-order chi connectivity index (χ1) is 16.5. The summed E-state index contributed by atoms with van der Waals surface area (Å²) in [5, 5.41) is 21.5.